The van der Waals surface area contributed by atoms with Gasteiger partial charge in [-0.15, -0.1) is 0 Å². The summed E-state index contributed by atoms with van der Waals surface area (Å²) in [6.45, 7) is 4.15. The number of nitrogens with zero attached hydrogens (tertiary/aromatic N) is 3. The van der Waals surface area contributed by atoms with Crippen LogP contribution in [0, 0.1) is 5.92 Å². The molecule has 0 bridgehead atoms. The fourth-order valence-corrected chi connectivity index (χ4v) is 1.99. The summed E-state index contributed by atoms with van der Waals surface area (Å²) in [4.78, 5) is 14.2. The van der Waals surface area contributed by atoms with E-state index in [9.17, 15) is 4.79 Å². The van der Waals surface area contributed by atoms with Gasteiger partial charge < -0.3 is 10.6 Å². The van der Waals surface area contributed by atoms with Crippen LogP contribution in [0.25, 0.3) is 0 Å². The zero-order valence-corrected chi connectivity index (χ0v) is 11.1. The Morgan fingerprint density at radius 1 is 1.47 bits per heavy atom. The number of rotatable bonds is 7. The van der Waals surface area contributed by atoms with Gasteiger partial charge in [0.1, 0.15) is 0 Å². The summed E-state index contributed by atoms with van der Waals surface area (Å²) >= 11 is 0. The van der Waals surface area contributed by atoms with Crippen molar-refractivity contribution in [2.75, 3.05) is 33.7 Å². The molecule has 1 heterocycles. The second kappa shape index (κ2) is 6.71. The minimum absolute atomic E-state index is 0.0675. The Morgan fingerprint density at radius 3 is 2.71 bits per heavy atom. The molecule has 1 aliphatic rings. The monoisotopic (exact) mass is 240 g/mol. The molecule has 1 atom stereocenters. The number of carbonyl (C=O) groups is 1. The van der Waals surface area contributed by atoms with E-state index in [4.69, 9.17) is 5.73 Å². The third kappa shape index (κ3) is 3.78. The molecule has 98 valence electrons. The summed E-state index contributed by atoms with van der Waals surface area (Å²) in [5.41, 5.74) is 6.58. The largest absolute Gasteiger partial charge is 0.330 e. The summed E-state index contributed by atoms with van der Waals surface area (Å²) in [6, 6.07) is 0. The number of hydrogen-bond donors (Lipinski definition) is 1. The minimum Gasteiger partial charge on any atom is -0.330 e. The van der Waals surface area contributed by atoms with Crippen molar-refractivity contribution in [1.29, 1.82) is 0 Å². The zero-order chi connectivity index (χ0) is 12.8. The van der Waals surface area contributed by atoms with Crippen molar-refractivity contribution in [3.05, 3.63) is 0 Å². The first-order valence-corrected chi connectivity index (χ1v) is 6.33. The summed E-state index contributed by atoms with van der Waals surface area (Å²) < 4.78 is 0. The van der Waals surface area contributed by atoms with E-state index in [2.05, 4.69) is 16.9 Å². The van der Waals surface area contributed by atoms with Crippen LogP contribution in [-0.2, 0) is 4.79 Å². The molecule has 0 spiro atoms. The molecule has 0 aromatic rings. The fraction of sp³-hybridized carbons (Fsp3) is 0.833. The van der Waals surface area contributed by atoms with Gasteiger partial charge in [0, 0.05) is 6.54 Å². The predicted octanol–water partition coefficient (Wildman–Crippen LogP) is 0.511. The number of hydrogen-bond acceptors (Lipinski definition) is 4. The second-order valence-corrected chi connectivity index (χ2v) is 4.74. The van der Waals surface area contributed by atoms with Gasteiger partial charge in [-0.05, 0) is 33.5 Å². The minimum atomic E-state index is -0.0675. The van der Waals surface area contributed by atoms with E-state index in [1.807, 2.05) is 14.1 Å². The maximum Gasteiger partial charge on any atom is 0.251 e. The van der Waals surface area contributed by atoms with E-state index in [0.29, 0.717) is 13.1 Å². The molecule has 0 saturated carbocycles. The van der Waals surface area contributed by atoms with E-state index in [0.717, 1.165) is 31.5 Å². The normalized spacial score (nSPS) is 20.3. The maximum atomic E-state index is 12.1. The Labute approximate surface area is 104 Å². The highest BCUT2D eigenvalue weighted by Gasteiger charge is 2.33. The average molecular weight is 240 g/mol. The SMILES string of the molecule is CCCC1=NN(CCN(C)C)C(=O)C1CCN. The molecule has 1 rings (SSSR count). The fourth-order valence-electron chi connectivity index (χ4n) is 1.99. The van der Waals surface area contributed by atoms with Gasteiger partial charge >= 0.3 is 0 Å². The second-order valence-electron chi connectivity index (χ2n) is 4.74. The first kappa shape index (κ1) is 14.1. The summed E-state index contributed by atoms with van der Waals surface area (Å²) in [7, 11) is 3.99. The lowest BCUT2D eigenvalue weighted by Crippen LogP contribution is -2.33. The molecule has 0 fully saturated rings. The molecule has 1 amide bonds. The van der Waals surface area contributed by atoms with E-state index >= 15 is 0 Å². The lowest BCUT2D eigenvalue weighted by atomic mass is 9.96. The van der Waals surface area contributed by atoms with E-state index in [-0.39, 0.29) is 11.8 Å². The molecule has 5 nitrogen and oxygen atoms in total. The van der Waals surface area contributed by atoms with Crippen molar-refractivity contribution in [3.63, 3.8) is 0 Å². The van der Waals surface area contributed by atoms with Crippen LogP contribution in [-0.4, -0.2) is 55.3 Å². The van der Waals surface area contributed by atoms with Gasteiger partial charge in [0.25, 0.3) is 5.91 Å². The Kier molecular flexibility index (Phi) is 5.58. The quantitative estimate of drug-likeness (QED) is 0.705. The molecule has 0 saturated heterocycles. The first-order chi connectivity index (χ1) is 8.10. The van der Waals surface area contributed by atoms with E-state index in [1.54, 1.807) is 5.01 Å². The van der Waals surface area contributed by atoms with Gasteiger partial charge in [-0.1, -0.05) is 13.3 Å². The Balaban J connectivity index is 2.64. The van der Waals surface area contributed by atoms with Crippen LogP contribution in [0.3, 0.4) is 0 Å². The molecule has 1 unspecified atom stereocenters. The van der Waals surface area contributed by atoms with Crippen LogP contribution >= 0.6 is 0 Å². The molecule has 5 heteroatoms. The van der Waals surface area contributed by atoms with Gasteiger partial charge in [-0.3, -0.25) is 4.79 Å². The molecular formula is C12H24N4O. The highest BCUT2D eigenvalue weighted by molar-refractivity contribution is 6.07. The van der Waals surface area contributed by atoms with Crippen molar-refractivity contribution in [2.24, 2.45) is 16.8 Å². The van der Waals surface area contributed by atoms with Crippen LogP contribution in [0.4, 0.5) is 0 Å². The summed E-state index contributed by atoms with van der Waals surface area (Å²) in [5.74, 6) is 0.0582. The van der Waals surface area contributed by atoms with Crippen molar-refractivity contribution in [1.82, 2.24) is 9.91 Å². The lowest BCUT2D eigenvalue weighted by Gasteiger charge is -2.16. The van der Waals surface area contributed by atoms with Gasteiger partial charge in [0.15, 0.2) is 0 Å². The van der Waals surface area contributed by atoms with Gasteiger partial charge in [-0.2, -0.15) is 5.10 Å². The molecule has 0 radical (unpaired) electrons. The molecule has 0 aromatic heterocycles. The maximum absolute atomic E-state index is 12.1. The Bertz CT molecular complexity index is 288. The highest BCUT2D eigenvalue weighted by atomic mass is 16.2. The first-order valence-electron chi connectivity index (χ1n) is 6.33. The van der Waals surface area contributed by atoms with Crippen molar-refractivity contribution < 1.29 is 4.79 Å². The average Bonchev–Trinajstić information content (AvgIpc) is 2.56. The summed E-state index contributed by atoms with van der Waals surface area (Å²) in [5, 5.41) is 6.07. The molecular weight excluding hydrogens is 216 g/mol. The standard InChI is InChI=1S/C12H24N4O/c1-4-5-11-10(6-7-13)12(17)16(14-11)9-8-15(2)3/h10H,4-9,13H2,1-3H3. The topological polar surface area (TPSA) is 61.9 Å². The Hall–Kier alpha value is -0.940. The van der Waals surface area contributed by atoms with E-state index in [1.165, 1.54) is 0 Å². The smallest absolute Gasteiger partial charge is 0.251 e. The highest BCUT2D eigenvalue weighted by Crippen LogP contribution is 2.21. The van der Waals surface area contributed by atoms with Crippen molar-refractivity contribution in [3.8, 4) is 0 Å². The molecule has 17 heavy (non-hydrogen) atoms. The van der Waals surface area contributed by atoms with Crippen LogP contribution in [0.5, 0.6) is 0 Å². The van der Waals surface area contributed by atoms with Gasteiger partial charge in [-0.25, -0.2) is 5.01 Å². The lowest BCUT2D eigenvalue weighted by molar-refractivity contribution is -0.132. The number of likely N-dealkylation sites (N-methyl/N-ethyl adjacent to an activating group) is 1. The van der Waals surface area contributed by atoms with Gasteiger partial charge in [0.05, 0.1) is 18.2 Å². The number of amides is 1. The Morgan fingerprint density at radius 2 is 2.18 bits per heavy atom. The summed E-state index contributed by atoms with van der Waals surface area (Å²) in [6.07, 6.45) is 2.64. The zero-order valence-electron chi connectivity index (χ0n) is 11.1. The third-order valence-corrected chi connectivity index (χ3v) is 2.92. The third-order valence-electron chi connectivity index (χ3n) is 2.92. The van der Waals surface area contributed by atoms with Crippen molar-refractivity contribution >= 4 is 11.6 Å². The number of nitrogens with two attached hydrogens (primary N) is 1. The van der Waals surface area contributed by atoms with Crippen LogP contribution < -0.4 is 5.73 Å². The molecule has 0 aromatic carbocycles. The van der Waals surface area contributed by atoms with Crippen LogP contribution in [0.15, 0.2) is 5.10 Å². The van der Waals surface area contributed by atoms with Crippen molar-refractivity contribution in [2.45, 2.75) is 26.2 Å². The molecule has 1 aliphatic heterocycles. The predicted molar refractivity (Wildman–Crippen MR) is 69.8 cm³/mol. The van der Waals surface area contributed by atoms with E-state index < -0.39 is 0 Å². The van der Waals surface area contributed by atoms with Gasteiger partial charge in [0.2, 0.25) is 0 Å². The number of carbonyl (C=O) groups excluding carboxylic acids is 1. The van der Waals surface area contributed by atoms with Crippen LogP contribution in [0.2, 0.25) is 0 Å². The molecule has 2 N–H and O–H groups in total. The molecule has 0 aliphatic carbocycles. The number of hydrazone groups is 1. The van der Waals surface area contributed by atoms with Crippen LogP contribution in [0.1, 0.15) is 26.2 Å².